The molecule has 2 amide bonds. The number of primary amides is 1. The maximum Gasteiger partial charge on any atom is 0.408 e. The number of alkyl carbamates (subject to hydrolysis) is 1. The van der Waals surface area contributed by atoms with Crippen LogP contribution in [0.3, 0.4) is 0 Å². The minimum absolute atomic E-state index is 0.0704. The summed E-state index contributed by atoms with van der Waals surface area (Å²) in [5.74, 6) is -0.729. The van der Waals surface area contributed by atoms with Gasteiger partial charge < -0.3 is 30.0 Å². The molecule has 33 heavy (non-hydrogen) atoms. The lowest BCUT2D eigenvalue weighted by atomic mass is 9.68. The van der Waals surface area contributed by atoms with Crippen LogP contribution in [0.2, 0.25) is 0 Å². The Hall–Kier alpha value is -2.42. The first-order chi connectivity index (χ1) is 15.7. The van der Waals surface area contributed by atoms with E-state index in [9.17, 15) is 9.59 Å². The highest BCUT2D eigenvalue weighted by Gasteiger charge is 2.72. The van der Waals surface area contributed by atoms with Crippen LogP contribution in [0, 0.1) is 5.92 Å². The maximum atomic E-state index is 12.8. The highest BCUT2D eigenvalue weighted by Crippen LogP contribution is 2.59. The zero-order valence-electron chi connectivity index (χ0n) is 19.7. The minimum atomic E-state index is -0.977. The Bertz CT molecular complexity index is 911. The minimum Gasteiger partial charge on any atom is -0.443 e. The average Bonchev–Trinajstić information content (AvgIpc) is 3.69. The summed E-state index contributed by atoms with van der Waals surface area (Å²) in [5, 5.41) is 2.61. The highest BCUT2D eigenvalue weighted by atomic mass is 16.6. The quantitative estimate of drug-likeness (QED) is 0.457. The summed E-state index contributed by atoms with van der Waals surface area (Å²) in [7, 11) is 1.63. The fraction of sp³-hybridized carbons (Fsp3) is 0.600. The zero-order chi connectivity index (χ0) is 23.8. The third kappa shape index (κ3) is 4.78. The number of ether oxygens (including phenoxy) is 4. The van der Waals surface area contributed by atoms with E-state index in [0.29, 0.717) is 18.6 Å². The fourth-order valence-electron chi connectivity index (χ4n) is 5.32. The van der Waals surface area contributed by atoms with Crippen LogP contribution in [0.15, 0.2) is 42.0 Å². The van der Waals surface area contributed by atoms with E-state index in [0.717, 1.165) is 12.8 Å². The first-order valence-corrected chi connectivity index (χ1v) is 11.5. The molecule has 1 aromatic carbocycles. The van der Waals surface area contributed by atoms with Gasteiger partial charge in [0.15, 0.2) is 0 Å². The van der Waals surface area contributed by atoms with Gasteiger partial charge in [-0.1, -0.05) is 42.0 Å². The molecule has 0 bridgehead atoms. The van der Waals surface area contributed by atoms with E-state index >= 15 is 0 Å². The normalized spacial score (nSPS) is 35.4. The number of hydrogen-bond donors (Lipinski definition) is 2. The van der Waals surface area contributed by atoms with E-state index in [1.807, 2.05) is 6.07 Å². The summed E-state index contributed by atoms with van der Waals surface area (Å²) in [6, 6.07) is 7.87. The van der Waals surface area contributed by atoms with Crippen molar-refractivity contribution in [1.82, 2.24) is 5.32 Å². The van der Waals surface area contributed by atoms with Gasteiger partial charge in [0.05, 0.1) is 18.6 Å². The van der Waals surface area contributed by atoms with Gasteiger partial charge >= 0.3 is 6.09 Å². The van der Waals surface area contributed by atoms with Crippen LogP contribution in [0.1, 0.15) is 51.6 Å². The first-order valence-electron chi connectivity index (χ1n) is 11.5. The number of nitrogens with one attached hydrogen (secondary N) is 1. The van der Waals surface area contributed by atoms with Gasteiger partial charge in [0.25, 0.3) is 0 Å². The van der Waals surface area contributed by atoms with E-state index in [1.165, 1.54) is 5.57 Å². The number of epoxide rings is 2. The van der Waals surface area contributed by atoms with Crippen LogP contribution in [0.25, 0.3) is 0 Å². The van der Waals surface area contributed by atoms with Crippen molar-refractivity contribution < 1.29 is 28.5 Å². The van der Waals surface area contributed by atoms with Gasteiger partial charge in [-0.05, 0) is 45.6 Å². The Balaban J connectivity index is 1.47. The number of methoxy groups -OCH3 is 1. The molecule has 1 saturated carbocycles. The van der Waals surface area contributed by atoms with Gasteiger partial charge in [0.1, 0.15) is 29.5 Å². The summed E-state index contributed by atoms with van der Waals surface area (Å²) >= 11 is 0. The molecule has 1 aliphatic carbocycles. The molecule has 1 spiro atoms. The van der Waals surface area contributed by atoms with Gasteiger partial charge in [0, 0.05) is 7.11 Å². The molecule has 4 rings (SSSR count). The van der Waals surface area contributed by atoms with E-state index in [4.69, 9.17) is 24.7 Å². The molecule has 3 N–H and O–H groups in total. The van der Waals surface area contributed by atoms with Gasteiger partial charge in [0.2, 0.25) is 5.91 Å². The molecule has 2 saturated heterocycles. The lowest BCUT2D eigenvalue weighted by Gasteiger charge is -2.42. The van der Waals surface area contributed by atoms with Crippen molar-refractivity contribution in [2.75, 3.05) is 13.7 Å². The van der Waals surface area contributed by atoms with Crippen LogP contribution < -0.4 is 11.1 Å². The lowest BCUT2D eigenvalue weighted by molar-refractivity contribution is -0.122. The number of nitrogens with two attached hydrogens (primary N) is 1. The van der Waals surface area contributed by atoms with Crippen LogP contribution in [-0.2, 0) is 23.7 Å². The molecule has 2 heterocycles. The number of carbonyl (C=O) groups is 2. The fourth-order valence-corrected chi connectivity index (χ4v) is 5.32. The smallest absolute Gasteiger partial charge is 0.408 e. The molecule has 8 heteroatoms. The molecule has 0 radical (unpaired) electrons. The van der Waals surface area contributed by atoms with Crippen molar-refractivity contribution in [2.24, 2.45) is 11.7 Å². The number of hydrogen-bond acceptors (Lipinski definition) is 6. The second-order valence-corrected chi connectivity index (χ2v) is 9.71. The van der Waals surface area contributed by atoms with Crippen LogP contribution >= 0.6 is 0 Å². The summed E-state index contributed by atoms with van der Waals surface area (Å²) in [6.45, 7) is 6.89. The molecule has 1 unspecified atom stereocenters. The third-order valence-electron chi connectivity index (χ3n) is 7.18. The summed E-state index contributed by atoms with van der Waals surface area (Å²) in [5.41, 5.74) is 6.66. The van der Waals surface area contributed by atoms with Crippen molar-refractivity contribution in [1.29, 1.82) is 0 Å². The van der Waals surface area contributed by atoms with Crippen LogP contribution in [0.4, 0.5) is 4.79 Å². The molecular weight excluding hydrogens is 424 g/mol. The standard InChI is InChI=1S/C25H34N2O6/c1-15(2)10-11-18-24(3,33-18)21-20(30-4)17(12-13-25(21)14-31-25)32-23(29)27-19(22(26)28)16-8-6-5-7-9-16/h5-10,17-21H,11-14H2,1-4H3,(H2,26,28)(H,27,29)/t17-,18-,19-,20-,21-,24?,25+/m1/s1. The average molecular weight is 459 g/mol. The molecule has 8 nitrogen and oxygen atoms in total. The number of amides is 2. The Morgan fingerprint density at radius 3 is 2.58 bits per heavy atom. The molecule has 7 atom stereocenters. The SMILES string of the molecule is CO[C@H]1[C@H](C2(C)O[C@@H]2CC=C(C)C)[C@]2(CC[C@H]1OC(=O)N[C@@H](C(N)=O)c1ccccc1)CO2. The largest absolute Gasteiger partial charge is 0.443 e. The van der Waals surface area contributed by atoms with Crippen molar-refractivity contribution in [3.8, 4) is 0 Å². The molecule has 0 aromatic heterocycles. The second kappa shape index (κ2) is 9.08. The van der Waals surface area contributed by atoms with Crippen molar-refractivity contribution in [2.45, 2.75) is 75.6 Å². The van der Waals surface area contributed by atoms with E-state index < -0.39 is 35.9 Å². The second-order valence-electron chi connectivity index (χ2n) is 9.71. The molecule has 1 aromatic rings. The van der Waals surface area contributed by atoms with Crippen molar-refractivity contribution in [3.05, 3.63) is 47.5 Å². The van der Waals surface area contributed by atoms with Gasteiger partial charge in [-0.2, -0.15) is 0 Å². The lowest BCUT2D eigenvalue weighted by Crippen LogP contribution is -2.56. The van der Waals surface area contributed by atoms with E-state index in [2.05, 4.69) is 32.2 Å². The topological polar surface area (TPSA) is 116 Å². The maximum absolute atomic E-state index is 12.8. The Morgan fingerprint density at radius 1 is 1.30 bits per heavy atom. The Labute approximate surface area is 194 Å². The number of benzene rings is 1. The number of carbonyl (C=O) groups excluding carboxylic acids is 2. The highest BCUT2D eigenvalue weighted by molar-refractivity contribution is 5.85. The van der Waals surface area contributed by atoms with Crippen molar-refractivity contribution >= 4 is 12.0 Å². The molecule has 3 aliphatic rings. The molecule has 180 valence electrons. The zero-order valence-corrected chi connectivity index (χ0v) is 19.7. The van der Waals surface area contributed by atoms with Crippen LogP contribution in [0.5, 0.6) is 0 Å². The summed E-state index contributed by atoms with van der Waals surface area (Å²) < 4.78 is 23.8. The predicted octanol–water partition coefficient (Wildman–Crippen LogP) is 3.02. The summed E-state index contributed by atoms with van der Waals surface area (Å²) in [4.78, 5) is 24.8. The van der Waals surface area contributed by atoms with Gasteiger partial charge in [-0.15, -0.1) is 0 Å². The van der Waals surface area contributed by atoms with Gasteiger partial charge in [-0.3, -0.25) is 4.79 Å². The first kappa shape index (κ1) is 23.7. The Morgan fingerprint density at radius 2 is 2.00 bits per heavy atom. The predicted molar refractivity (Wildman–Crippen MR) is 121 cm³/mol. The van der Waals surface area contributed by atoms with E-state index in [-0.39, 0.29) is 17.6 Å². The van der Waals surface area contributed by atoms with Crippen molar-refractivity contribution in [3.63, 3.8) is 0 Å². The van der Waals surface area contributed by atoms with Crippen LogP contribution in [-0.4, -0.2) is 55.2 Å². The molecule has 2 aliphatic heterocycles. The van der Waals surface area contributed by atoms with Gasteiger partial charge in [-0.25, -0.2) is 4.79 Å². The number of rotatable bonds is 8. The summed E-state index contributed by atoms with van der Waals surface area (Å²) in [6.07, 6.45) is 2.83. The third-order valence-corrected chi connectivity index (χ3v) is 7.18. The molecule has 3 fully saturated rings. The van der Waals surface area contributed by atoms with E-state index in [1.54, 1.807) is 31.4 Å². The number of allylic oxidation sites excluding steroid dienone is 1. The monoisotopic (exact) mass is 458 g/mol. The Kier molecular flexibility index (Phi) is 6.53. The molecular formula is C25H34N2O6.